The lowest BCUT2D eigenvalue weighted by atomic mass is 10.0. The van der Waals surface area contributed by atoms with Gasteiger partial charge < -0.3 is 21.1 Å². The third-order valence-corrected chi connectivity index (χ3v) is 3.57. The molecule has 0 unspecified atom stereocenters. The first-order valence-electron chi connectivity index (χ1n) is 7.01. The summed E-state index contributed by atoms with van der Waals surface area (Å²) in [6, 6.07) is 5.73. The number of primary amides is 1. The van der Waals surface area contributed by atoms with E-state index in [4.69, 9.17) is 10.5 Å². The summed E-state index contributed by atoms with van der Waals surface area (Å²) in [6.07, 6.45) is 1.03. The topological polar surface area (TPSA) is 111 Å². The highest BCUT2D eigenvalue weighted by atomic mass is 16.5. The number of carbonyl (C=O) groups is 3. The van der Waals surface area contributed by atoms with E-state index in [9.17, 15) is 14.4 Å². The van der Waals surface area contributed by atoms with Gasteiger partial charge in [0.15, 0.2) is 0 Å². The molecular formula is C15H19N3O4. The van der Waals surface area contributed by atoms with E-state index in [1.165, 1.54) is 0 Å². The molecule has 1 aromatic carbocycles. The molecule has 118 valence electrons. The van der Waals surface area contributed by atoms with Gasteiger partial charge in [-0.15, -0.1) is 0 Å². The average Bonchev–Trinajstić information content (AvgIpc) is 2.94. The number of methoxy groups -OCH3 is 1. The monoisotopic (exact) mass is 305 g/mol. The molecule has 0 aromatic heterocycles. The number of benzene rings is 1. The molecule has 1 aliphatic heterocycles. The molecule has 1 fully saturated rings. The van der Waals surface area contributed by atoms with E-state index in [0.29, 0.717) is 18.6 Å². The molecule has 7 heteroatoms. The van der Waals surface area contributed by atoms with Gasteiger partial charge in [-0.3, -0.25) is 14.4 Å². The molecule has 2 atom stereocenters. The van der Waals surface area contributed by atoms with E-state index in [0.717, 1.165) is 5.56 Å². The maximum absolute atomic E-state index is 12.0. The van der Waals surface area contributed by atoms with Crippen molar-refractivity contribution < 1.29 is 19.1 Å². The second kappa shape index (κ2) is 6.93. The van der Waals surface area contributed by atoms with Crippen molar-refractivity contribution >= 4 is 17.7 Å². The van der Waals surface area contributed by atoms with Gasteiger partial charge in [-0.1, -0.05) is 12.1 Å². The Morgan fingerprint density at radius 1 is 1.41 bits per heavy atom. The lowest BCUT2D eigenvalue weighted by molar-refractivity contribution is -0.129. The Kier molecular flexibility index (Phi) is 4.98. The Labute approximate surface area is 128 Å². The van der Waals surface area contributed by atoms with Crippen LogP contribution in [0.1, 0.15) is 18.4 Å². The highest BCUT2D eigenvalue weighted by molar-refractivity contribution is 5.93. The van der Waals surface area contributed by atoms with Crippen LogP contribution in [0.25, 0.3) is 0 Å². The summed E-state index contributed by atoms with van der Waals surface area (Å²) in [4.78, 5) is 34.7. The van der Waals surface area contributed by atoms with E-state index in [1.807, 2.05) is 0 Å². The normalized spacial score (nSPS) is 18.4. The standard InChI is InChI=1S/C15H19N3O4/c1-22-10-4-2-9(3-5-10)8-12(14(16)20)18-15(21)11-6-7-13(19)17-11/h2-5,11-12H,6-8H2,1H3,(H2,16,20)(H,17,19)(H,18,21)/t11-,12+/m0/s1. The Balaban J connectivity index is 1.98. The molecule has 3 amide bonds. The number of ether oxygens (including phenoxy) is 1. The van der Waals surface area contributed by atoms with Crippen LogP contribution in [0, 0.1) is 0 Å². The van der Waals surface area contributed by atoms with Gasteiger partial charge in [0, 0.05) is 12.8 Å². The molecule has 0 spiro atoms. The fraction of sp³-hybridized carbons (Fsp3) is 0.400. The summed E-state index contributed by atoms with van der Waals surface area (Å²) >= 11 is 0. The predicted octanol–water partition coefficient (Wildman–Crippen LogP) is -0.514. The largest absolute Gasteiger partial charge is 0.497 e. The summed E-state index contributed by atoms with van der Waals surface area (Å²) in [6.45, 7) is 0. The lowest BCUT2D eigenvalue weighted by Gasteiger charge is -2.18. The Bertz CT molecular complexity index is 571. The van der Waals surface area contributed by atoms with E-state index in [2.05, 4.69) is 10.6 Å². The van der Waals surface area contributed by atoms with E-state index in [-0.39, 0.29) is 18.2 Å². The summed E-state index contributed by atoms with van der Waals surface area (Å²) < 4.78 is 5.06. The number of rotatable bonds is 6. The number of carbonyl (C=O) groups excluding carboxylic acids is 3. The van der Waals surface area contributed by atoms with Crippen LogP contribution in [0.15, 0.2) is 24.3 Å². The van der Waals surface area contributed by atoms with Gasteiger partial charge in [0.1, 0.15) is 17.8 Å². The number of amides is 3. The number of hydrogen-bond donors (Lipinski definition) is 3. The molecule has 0 aliphatic carbocycles. The van der Waals surface area contributed by atoms with Crippen LogP contribution in [0.5, 0.6) is 5.75 Å². The van der Waals surface area contributed by atoms with Gasteiger partial charge in [0.05, 0.1) is 7.11 Å². The van der Waals surface area contributed by atoms with Crippen molar-refractivity contribution in [3.63, 3.8) is 0 Å². The Morgan fingerprint density at radius 2 is 2.09 bits per heavy atom. The van der Waals surface area contributed by atoms with Crippen LogP contribution in [0.4, 0.5) is 0 Å². The van der Waals surface area contributed by atoms with Gasteiger partial charge >= 0.3 is 0 Å². The van der Waals surface area contributed by atoms with Gasteiger partial charge in [0.2, 0.25) is 17.7 Å². The van der Waals surface area contributed by atoms with Crippen molar-refractivity contribution in [2.24, 2.45) is 5.73 Å². The minimum Gasteiger partial charge on any atom is -0.497 e. The van der Waals surface area contributed by atoms with Crippen molar-refractivity contribution in [3.05, 3.63) is 29.8 Å². The zero-order valence-corrected chi connectivity index (χ0v) is 12.3. The molecule has 0 radical (unpaired) electrons. The SMILES string of the molecule is COc1ccc(C[C@@H](NC(=O)[C@@H]2CCC(=O)N2)C(N)=O)cc1. The maximum Gasteiger partial charge on any atom is 0.243 e. The van der Waals surface area contributed by atoms with Crippen LogP contribution < -0.4 is 21.1 Å². The smallest absolute Gasteiger partial charge is 0.243 e. The minimum atomic E-state index is -0.821. The molecule has 22 heavy (non-hydrogen) atoms. The highest BCUT2D eigenvalue weighted by Crippen LogP contribution is 2.13. The van der Waals surface area contributed by atoms with Crippen LogP contribution in [0.3, 0.4) is 0 Å². The molecule has 1 heterocycles. The third kappa shape index (κ3) is 3.97. The first-order chi connectivity index (χ1) is 10.5. The molecule has 7 nitrogen and oxygen atoms in total. The van der Waals surface area contributed by atoms with Crippen molar-refractivity contribution in [1.82, 2.24) is 10.6 Å². The van der Waals surface area contributed by atoms with Crippen LogP contribution >= 0.6 is 0 Å². The Hall–Kier alpha value is -2.57. The van der Waals surface area contributed by atoms with Gasteiger partial charge in [-0.25, -0.2) is 0 Å². The first-order valence-corrected chi connectivity index (χ1v) is 7.01. The van der Waals surface area contributed by atoms with E-state index >= 15 is 0 Å². The first kappa shape index (κ1) is 15.8. The Morgan fingerprint density at radius 3 is 2.59 bits per heavy atom. The summed E-state index contributed by atoms with van der Waals surface area (Å²) in [5.41, 5.74) is 6.20. The second-order valence-corrected chi connectivity index (χ2v) is 5.17. The fourth-order valence-corrected chi connectivity index (χ4v) is 2.30. The summed E-state index contributed by atoms with van der Waals surface area (Å²) in [7, 11) is 1.57. The van der Waals surface area contributed by atoms with Crippen molar-refractivity contribution in [1.29, 1.82) is 0 Å². The molecule has 2 rings (SSSR count). The molecule has 1 aliphatic rings. The zero-order valence-electron chi connectivity index (χ0n) is 12.3. The quantitative estimate of drug-likeness (QED) is 0.657. The van der Waals surface area contributed by atoms with Crippen molar-refractivity contribution in [2.75, 3.05) is 7.11 Å². The third-order valence-electron chi connectivity index (χ3n) is 3.57. The molecule has 0 bridgehead atoms. The highest BCUT2D eigenvalue weighted by Gasteiger charge is 2.29. The number of hydrogen-bond acceptors (Lipinski definition) is 4. The number of nitrogens with one attached hydrogen (secondary N) is 2. The minimum absolute atomic E-state index is 0.161. The maximum atomic E-state index is 12.0. The summed E-state index contributed by atoms with van der Waals surface area (Å²) in [5.74, 6) is -0.459. The zero-order chi connectivity index (χ0) is 16.1. The molecular weight excluding hydrogens is 286 g/mol. The van der Waals surface area contributed by atoms with Gasteiger partial charge in [-0.05, 0) is 24.1 Å². The van der Waals surface area contributed by atoms with Crippen molar-refractivity contribution in [2.45, 2.75) is 31.3 Å². The summed E-state index contributed by atoms with van der Waals surface area (Å²) in [5, 5.41) is 5.15. The number of nitrogens with two attached hydrogens (primary N) is 1. The molecule has 1 saturated heterocycles. The lowest BCUT2D eigenvalue weighted by Crippen LogP contribution is -2.51. The van der Waals surface area contributed by atoms with Crippen LogP contribution in [0.2, 0.25) is 0 Å². The van der Waals surface area contributed by atoms with Gasteiger partial charge in [-0.2, -0.15) is 0 Å². The van der Waals surface area contributed by atoms with Gasteiger partial charge in [0.25, 0.3) is 0 Å². The average molecular weight is 305 g/mol. The van der Waals surface area contributed by atoms with Crippen LogP contribution in [-0.4, -0.2) is 36.9 Å². The second-order valence-electron chi connectivity index (χ2n) is 5.17. The molecule has 0 saturated carbocycles. The van der Waals surface area contributed by atoms with E-state index in [1.54, 1.807) is 31.4 Å². The predicted molar refractivity (Wildman–Crippen MR) is 79.0 cm³/mol. The molecule has 4 N–H and O–H groups in total. The molecule has 1 aromatic rings. The fourth-order valence-electron chi connectivity index (χ4n) is 2.30. The van der Waals surface area contributed by atoms with Crippen molar-refractivity contribution in [3.8, 4) is 5.75 Å². The van der Waals surface area contributed by atoms with Crippen LogP contribution in [-0.2, 0) is 20.8 Å². The van der Waals surface area contributed by atoms with E-state index < -0.39 is 18.0 Å².